The average molecular weight is 387 g/mol. The van der Waals surface area contributed by atoms with Crippen LogP contribution >= 0.6 is 0 Å². The number of aliphatic hydroxyl groups is 1. The molecule has 5 saturated carbocycles. The maximum atomic E-state index is 13.2. The van der Waals surface area contributed by atoms with Gasteiger partial charge in [0.05, 0.1) is 12.2 Å². The quantitative estimate of drug-likeness (QED) is 0.652. The first-order valence-electron chi connectivity index (χ1n) is 12.2. The third kappa shape index (κ3) is 1.84. The first kappa shape index (κ1) is 18.4. The highest BCUT2D eigenvalue weighted by atomic mass is 16.6. The number of fused-ring (bicyclic) bond motifs is 6. The average Bonchev–Trinajstić information content (AvgIpc) is 3.27. The number of epoxide rings is 1. The second-order valence-electron chi connectivity index (χ2n) is 12.1. The Hall–Kier alpha value is -0.410. The number of carbonyl (C=O) groups is 1. The fourth-order valence-corrected chi connectivity index (χ4v) is 10.5. The van der Waals surface area contributed by atoms with Gasteiger partial charge < -0.3 is 9.84 Å². The van der Waals surface area contributed by atoms with E-state index in [1.807, 2.05) is 6.92 Å². The maximum absolute atomic E-state index is 13.2. The van der Waals surface area contributed by atoms with Gasteiger partial charge in [-0.1, -0.05) is 26.7 Å². The zero-order valence-electron chi connectivity index (χ0n) is 18.0. The predicted octanol–water partition coefficient (Wildman–Crippen LogP) is 4.90. The van der Waals surface area contributed by atoms with Gasteiger partial charge in [-0.2, -0.15) is 0 Å². The van der Waals surface area contributed by atoms with Gasteiger partial charge in [-0.15, -0.1) is 0 Å². The van der Waals surface area contributed by atoms with Crippen LogP contribution < -0.4 is 0 Å². The Morgan fingerprint density at radius 2 is 1.75 bits per heavy atom. The topological polar surface area (TPSA) is 49.8 Å². The zero-order valence-corrected chi connectivity index (χ0v) is 18.0. The Kier molecular flexibility index (Phi) is 3.57. The molecule has 0 aromatic rings. The molecule has 0 amide bonds. The molecular weight excluding hydrogens is 348 g/mol. The van der Waals surface area contributed by atoms with Gasteiger partial charge in [-0.3, -0.25) is 4.79 Å². The molecular formula is C25H38O3. The van der Waals surface area contributed by atoms with Gasteiger partial charge >= 0.3 is 0 Å². The van der Waals surface area contributed by atoms with Crippen LogP contribution in [0.4, 0.5) is 0 Å². The maximum Gasteiger partial charge on any atom is 0.136 e. The minimum absolute atomic E-state index is 0.0246. The highest BCUT2D eigenvalue weighted by Gasteiger charge is 2.77. The number of ether oxygens (including phenoxy) is 1. The molecule has 5 aliphatic carbocycles. The Balaban J connectivity index is 1.40. The summed E-state index contributed by atoms with van der Waals surface area (Å²) in [5, 5.41) is 10.4. The molecule has 1 spiro atoms. The Morgan fingerprint density at radius 1 is 0.964 bits per heavy atom. The van der Waals surface area contributed by atoms with E-state index in [1.165, 1.54) is 44.9 Å². The number of hydrogen-bond donors (Lipinski definition) is 1. The molecule has 0 bridgehead atoms. The van der Waals surface area contributed by atoms with Gasteiger partial charge in [-0.05, 0) is 87.4 Å². The molecule has 1 saturated heterocycles. The van der Waals surface area contributed by atoms with Crippen LogP contribution in [0.2, 0.25) is 0 Å². The van der Waals surface area contributed by atoms with Crippen LogP contribution in [0, 0.1) is 39.9 Å². The van der Waals surface area contributed by atoms with E-state index in [0.29, 0.717) is 23.7 Å². The molecule has 6 aliphatic rings. The third-order valence-electron chi connectivity index (χ3n) is 11.7. The van der Waals surface area contributed by atoms with Crippen LogP contribution in [-0.2, 0) is 9.53 Å². The first-order chi connectivity index (χ1) is 13.3. The standard InChI is InChI=1S/C25H38O3/c1-15(26)24-9-5-4-6-16(24)12-20-18-13-21-25(28-21)14-17(27)7-10-23(25,3)19(18)8-11-22(20,24)2/h16-21,27H,4-14H2,1-3H3/t16-,17+,18-,19+,20+,21-,22+,23-,24+,25+/m1/s1. The fourth-order valence-electron chi connectivity index (χ4n) is 10.5. The summed E-state index contributed by atoms with van der Waals surface area (Å²) in [5.74, 6) is 3.27. The van der Waals surface area contributed by atoms with Crippen LogP contribution in [0.25, 0.3) is 0 Å². The van der Waals surface area contributed by atoms with E-state index in [1.54, 1.807) is 0 Å². The van der Waals surface area contributed by atoms with Crippen molar-refractivity contribution in [3.8, 4) is 0 Å². The molecule has 1 heterocycles. The molecule has 1 N–H and O–H groups in total. The van der Waals surface area contributed by atoms with E-state index in [2.05, 4.69) is 13.8 Å². The van der Waals surface area contributed by atoms with Crippen molar-refractivity contribution < 1.29 is 14.6 Å². The number of ketones is 1. The molecule has 1 aliphatic heterocycles. The molecule has 0 radical (unpaired) electrons. The molecule has 0 aromatic carbocycles. The molecule has 6 rings (SSSR count). The van der Waals surface area contributed by atoms with Crippen molar-refractivity contribution in [3.05, 3.63) is 0 Å². The number of Topliss-reactive ketones (excluding diaryl/α,β-unsaturated/α-hetero) is 1. The molecule has 0 aromatic heterocycles. The van der Waals surface area contributed by atoms with Crippen LogP contribution in [0.1, 0.15) is 91.4 Å². The lowest BCUT2D eigenvalue weighted by Gasteiger charge is -2.61. The largest absolute Gasteiger partial charge is 0.393 e. The summed E-state index contributed by atoms with van der Waals surface area (Å²) in [5.41, 5.74) is 0.371. The number of hydrogen-bond acceptors (Lipinski definition) is 3. The Bertz CT molecular complexity index is 719. The summed E-state index contributed by atoms with van der Waals surface area (Å²) in [4.78, 5) is 13.2. The highest BCUT2D eigenvalue weighted by Crippen LogP contribution is 2.77. The molecule has 10 atom stereocenters. The summed E-state index contributed by atoms with van der Waals surface area (Å²) in [6, 6.07) is 0. The normalized spacial score (nSPS) is 62.0. The van der Waals surface area contributed by atoms with Gasteiger partial charge in [0.15, 0.2) is 0 Å². The lowest BCUT2D eigenvalue weighted by Crippen LogP contribution is -2.60. The highest BCUT2D eigenvalue weighted by molar-refractivity contribution is 5.84. The van der Waals surface area contributed by atoms with Gasteiger partial charge in [-0.25, -0.2) is 0 Å². The Morgan fingerprint density at radius 3 is 2.54 bits per heavy atom. The van der Waals surface area contributed by atoms with Crippen LogP contribution in [0.3, 0.4) is 0 Å². The van der Waals surface area contributed by atoms with Gasteiger partial charge in [0.25, 0.3) is 0 Å². The molecule has 6 fully saturated rings. The van der Waals surface area contributed by atoms with Crippen molar-refractivity contribution in [2.24, 2.45) is 39.9 Å². The molecule has 156 valence electrons. The van der Waals surface area contributed by atoms with Crippen molar-refractivity contribution in [1.82, 2.24) is 0 Å². The third-order valence-corrected chi connectivity index (χ3v) is 11.7. The van der Waals surface area contributed by atoms with Crippen molar-refractivity contribution in [3.63, 3.8) is 0 Å². The van der Waals surface area contributed by atoms with Crippen LogP contribution in [-0.4, -0.2) is 28.7 Å². The molecule has 0 unspecified atom stereocenters. The number of rotatable bonds is 1. The smallest absolute Gasteiger partial charge is 0.136 e. The van der Waals surface area contributed by atoms with E-state index >= 15 is 0 Å². The minimum Gasteiger partial charge on any atom is -0.393 e. The summed E-state index contributed by atoms with van der Waals surface area (Å²) in [6.07, 6.45) is 13.1. The van der Waals surface area contributed by atoms with Crippen molar-refractivity contribution in [1.29, 1.82) is 0 Å². The summed E-state index contributed by atoms with van der Waals surface area (Å²) in [6.45, 7) is 6.93. The molecule has 3 heteroatoms. The zero-order chi connectivity index (χ0) is 19.5. The van der Waals surface area contributed by atoms with Crippen molar-refractivity contribution >= 4 is 5.78 Å². The SMILES string of the molecule is CC(=O)[C@@]12CCCC[C@@H]1C[C@H]1[C@@H]3C[C@H]4O[C@@]45C[C@@H](O)CC[C@]5(C)[C@H]3CC[C@@]12C. The second-order valence-corrected chi connectivity index (χ2v) is 12.1. The second kappa shape index (κ2) is 5.44. The molecule has 3 nitrogen and oxygen atoms in total. The van der Waals surface area contributed by atoms with Gasteiger partial charge in [0.2, 0.25) is 0 Å². The fraction of sp³-hybridized carbons (Fsp3) is 0.960. The Labute approximate surface area is 170 Å². The van der Waals surface area contributed by atoms with E-state index in [-0.39, 0.29) is 27.9 Å². The van der Waals surface area contributed by atoms with E-state index in [4.69, 9.17) is 4.74 Å². The van der Waals surface area contributed by atoms with Gasteiger partial charge in [0, 0.05) is 17.3 Å². The van der Waals surface area contributed by atoms with Crippen molar-refractivity contribution in [2.45, 2.75) is 109 Å². The van der Waals surface area contributed by atoms with E-state index in [9.17, 15) is 9.90 Å². The van der Waals surface area contributed by atoms with E-state index < -0.39 is 0 Å². The summed E-state index contributed by atoms with van der Waals surface area (Å²) in [7, 11) is 0. The number of carbonyl (C=O) groups excluding carboxylic acids is 1. The van der Waals surface area contributed by atoms with E-state index in [0.717, 1.165) is 37.5 Å². The lowest BCUT2D eigenvalue weighted by molar-refractivity contribution is -0.154. The van der Waals surface area contributed by atoms with Crippen LogP contribution in [0.5, 0.6) is 0 Å². The summed E-state index contributed by atoms with van der Waals surface area (Å²) >= 11 is 0. The van der Waals surface area contributed by atoms with Crippen molar-refractivity contribution in [2.75, 3.05) is 0 Å². The van der Waals surface area contributed by atoms with Gasteiger partial charge in [0.1, 0.15) is 11.4 Å². The number of aliphatic hydroxyl groups excluding tert-OH is 1. The minimum atomic E-state index is -0.168. The summed E-state index contributed by atoms with van der Waals surface area (Å²) < 4.78 is 6.48. The molecule has 28 heavy (non-hydrogen) atoms. The lowest BCUT2D eigenvalue weighted by atomic mass is 9.42. The monoisotopic (exact) mass is 386 g/mol. The first-order valence-corrected chi connectivity index (χ1v) is 12.2. The van der Waals surface area contributed by atoms with Crippen LogP contribution in [0.15, 0.2) is 0 Å². The predicted molar refractivity (Wildman–Crippen MR) is 108 cm³/mol.